The number of hydrogen-bond donors (Lipinski definition) is 3. The molecular weight excluding hydrogens is 224 g/mol. The Bertz CT molecular complexity index is 481. The quantitative estimate of drug-likeness (QED) is 0.490. The second-order valence-corrected chi connectivity index (χ2v) is 3.11. The first-order valence-corrected chi connectivity index (χ1v) is 4.75. The van der Waals surface area contributed by atoms with Crippen LogP contribution in [0.1, 0.15) is 16.2 Å². The number of amides is 1. The Balaban J connectivity index is 1.95. The number of carbonyl (C=O) groups is 1. The van der Waals surface area contributed by atoms with Gasteiger partial charge in [-0.05, 0) is 12.1 Å². The predicted molar refractivity (Wildman–Crippen MR) is 57.5 cm³/mol. The fraction of sp³-hybridized carbons (Fsp3) is 0.111. The summed E-state index contributed by atoms with van der Waals surface area (Å²) < 4.78 is 4.54. The molecule has 0 aliphatic carbocycles. The Hall–Kier alpha value is -2.48. The number of nitrogens with one attached hydrogen (secondary N) is 2. The van der Waals surface area contributed by atoms with Gasteiger partial charge in [-0.25, -0.2) is 10.8 Å². The Morgan fingerprint density at radius 2 is 2.29 bits per heavy atom. The van der Waals surface area contributed by atoms with Crippen LogP contribution in [-0.4, -0.2) is 21.0 Å². The molecule has 0 aliphatic rings. The predicted octanol–water partition coefficient (Wildman–Crippen LogP) is -0.320. The van der Waals surface area contributed by atoms with Crippen LogP contribution in [0.2, 0.25) is 0 Å². The third-order valence-corrected chi connectivity index (χ3v) is 1.99. The number of aromatic nitrogens is 3. The minimum Gasteiger partial charge on any atom is -0.345 e. The molecule has 2 rings (SSSR count). The van der Waals surface area contributed by atoms with Gasteiger partial charge in [0, 0.05) is 6.20 Å². The highest BCUT2D eigenvalue weighted by molar-refractivity contribution is 5.93. The van der Waals surface area contributed by atoms with Crippen molar-refractivity contribution in [3.63, 3.8) is 0 Å². The molecule has 0 saturated carbocycles. The summed E-state index contributed by atoms with van der Waals surface area (Å²) in [7, 11) is 0. The van der Waals surface area contributed by atoms with E-state index in [9.17, 15) is 4.79 Å². The molecule has 0 radical (unpaired) electrons. The highest BCUT2D eigenvalue weighted by atomic mass is 16.5. The van der Waals surface area contributed by atoms with Gasteiger partial charge in [0.1, 0.15) is 5.82 Å². The van der Waals surface area contributed by atoms with Gasteiger partial charge >= 0.3 is 0 Å². The van der Waals surface area contributed by atoms with E-state index in [1.807, 2.05) is 0 Å². The monoisotopic (exact) mass is 234 g/mol. The third-order valence-electron chi connectivity index (χ3n) is 1.99. The molecule has 2 aromatic rings. The summed E-state index contributed by atoms with van der Waals surface area (Å²) in [4.78, 5) is 19.3. The molecule has 8 heteroatoms. The zero-order valence-electron chi connectivity index (χ0n) is 8.75. The molecule has 0 spiro atoms. The molecule has 17 heavy (non-hydrogen) atoms. The van der Waals surface area contributed by atoms with Crippen LogP contribution in [-0.2, 0) is 6.54 Å². The van der Waals surface area contributed by atoms with E-state index in [2.05, 4.69) is 30.4 Å². The van der Waals surface area contributed by atoms with E-state index in [1.54, 1.807) is 12.1 Å². The van der Waals surface area contributed by atoms with Crippen LogP contribution >= 0.6 is 0 Å². The van der Waals surface area contributed by atoms with Crippen molar-refractivity contribution >= 4 is 11.7 Å². The summed E-state index contributed by atoms with van der Waals surface area (Å²) in [6, 6.07) is 3.21. The number of carbonyl (C=O) groups excluding carboxylic acids is 1. The maximum Gasteiger partial charge on any atom is 0.253 e. The second kappa shape index (κ2) is 5.03. The zero-order chi connectivity index (χ0) is 12.1. The highest BCUT2D eigenvalue weighted by Crippen LogP contribution is 2.03. The van der Waals surface area contributed by atoms with Gasteiger partial charge in [0.25, 0.3) is 5.91 Å². The van der Waals surface area contributed by atoms with Crippen LogP contribution in [0, 0.1) is 0 Å². The van der Waals surface area contributed by atoms with Crippen molar-refractivity contribution in [3.8, 4) is 0 Å². The summed E-state index contributed by atoms with van der Waals surface area (Å²) in [6.07, 6.45) is 2.62. The first-order valence-electron chi connectivity index (χ1n) is 4.75. The number of nitrogens with zero attached hydrogens (tertiary/aromatic N) is 3. The first-order chi connectivity index (χ1) is 8.29. The Morgan fingerprint density at radius 3 is 2.88 bits per heavy atom. The van der Waals surface area contributed by atoms with Crippen molar-refractivity contribution in [2.75, 3.05) is 5.43 Å². The Labute approximate surface area is 96.2 Å². The number of rotatable bonds is 4. The summed E-state index contributed by atoms with van der Waals surface area (Å²) in [5.74, 6) is 5.78. The average Bonchev–Trinajstić information content (AvgIpc) is 2.89. The average molecular weight is 234 g/mol. The van der Waals surface area contributed by atoms with E-state index in [-0.39, 0.29) is 12.5 Å². The van der Waals surface area contributed by atoms with Crippen molar-refractivity contribution in [1.29, 1.82) is 0 Å². The molecule has 0 atom stereocenters. The van der Waals surface area contributed by atoms with Crippen molar-refractivity contribution in [3.05, 3.63) is 36.1 Å². The molecule has 0 saturated heterocycles. The van der Waals surface area contributed by atoms with E-state index in [1.165, 1.54) is 12.6 Å². The molecule has 2 heterocycles. The van der Waals surface area contributed by atoms with Crippen LogP contribution in [0.25, 0.3) is 0 Å². The van der Waals surface area contributed by atoms with Crippen LogP contribution in [0.15, 0.2) is 29.2 Å². The van der Waals surface area contributed by atoms with Gasteiger partial charge in [-0.2, -0.15) is 4.98 Å². The van der Waals surface area contributed by atoms with E-state index in [0.717, 1.165) is 0 Å². The molecule has 2 aromatic heterocycles. The molecule has 0 unspecified atom stereocenters. The SMILES string of the molecule is NNc1ccc(C(=O)NCc2ncon2)cn1. The normalized spacial score (nSPS) is 9.94. The van der Waals surface area contributed by atoms with E-state index < -0.39 is 0 Å². The van der Waals surface area contributed by atoms with Crippen LogP contribution in [0.5, 0.6) is 0 Å². The van der Waals surface area contributed by atoms with Gasteiger partial charge in [-0.3, -0.25) is 4.79 Å². The van der Waals surface area contributed by atoms with Crippen molar-refractivity contribution < 1.29 is 9.32 Å². The fourth-order valence-electron chi connectivity index (χ4n) is 1.15. The number of anilines is 1. The van der Waals surface area contributed by atoms with Crippen LogP contribution in [0.3, 0.4) is 0 Å². The van der Waals surface area contributed by atoms with Gasteiger partial charge in [0.15, 0.2) is 5.82 Å². The van der Waals surface area contributed by atoms with Crippen LogP contribution < -0.4 is 16.6 Å². The van der Waals surface area contributed by atoms with E-state index in [0.29, 0.717) is 17.2 Å². The van der Waals surface area contributed by atoms with Crippen LogP contribution in [0.4, 0.5) is 5.82 Å². The molecule has 4 N–H and O–H groups in total. The number of nitrogens with two attached hydrogens (primary N) is 1. The minimum absolute atomic E-state index is 0.201. The maximum atomic E-state index is 11.7. The van der Waals surface area contributed by atoms with Crippen molar-refractivity contribution in [1.82, 2.24) is 20.4 Å². The second-order valence-electron chi connectivity index (χ2n) is 3.11. The van der Waals surface area contributed by atoms with Gasteiger partial charge < -0.3 is 15.3 Å². The molecule has 0 bridgehead atoms. The van der Waals surface area contributed by atoms with Gasteiger partial charge in [-0.1, -0.05) is 5.16 Å². The summed E-state index contributed by atoms with van der Waals surface area (Å²) in [6.45, 7) is 0.201. The smallest absolute Gasteiger partial charge is 0.253 e. The molecule has 88 valence electrons. The highest BCUT2D eigenvalue weighted by Gasteiger charge is 2.07. The zero-order valence-corrected chi connectivity index (χ0v) is 8.75. The van der Waals surface area contributed by atoms with Crippen molar-refractivity contribution in [2.45, 2.75) is 6.54 Å². The lowest BCUT2D eigenvalue weighted by Crippen LogP contribution is -2.23. The lowest BCUT2D eigenvalue weighted by Gasteiger charge is -2.03. The number of hydrogen-bond acceptors (Lipinski definition) is 7. The first kappa shape index (κ1) is 11.0. The fourth-order valence-corrected chi connectivity index (χ4v) is 1.15. The van der Waals surface area contributed by atoms with Gasteiger partial charge in [-0.15, -0.1) is 0 Å². The third kappa shape index (κ3) is 2.75. The minimum atomic E-state index is -0.272. The van der Waals surface area contributed by atoms with E-state index in [4.69, 9.17) is 5.84 Å². The lowest BCUT2D eigenvalue weighted by atomic mass is 10.2. The van der Waals surface area contributed by atoms with Crippen molar-refractivity contribution in [2.24, 2.45) is 5.84 Å². The largest absolute Gasteiger partial charge is 0.345 e. The summed E-state index contributed by atoms with van der Waals surface area (Å²) >= 11 is 0. The standard InChI is InChI=1S/C9H10N6O2/c10-14-7-2-1-6(3-11-7)9(16)12-4-8-13-5-17-15-8/h1-3,5H,4,10H2,(H,11,14)(H,12,16). The molecular formula is C9H10N6O2. The Morgan fingerprint density at radius 1 is 1.41 bits per heavy atom. The van der Waals surface area contributed by atoms with Gasteiger partial charge in [0.05, 0.1) is 12.1 Å². The lowest BCUT2D eigenvalue weighted by molar-refractivity contribution is 0.0949. The molecule has 1 amide bonds. The number of hydrazine groups is 1. The molecule has 8 nitrogen and oxygen atoms in total. The maximum absolute atomic E-state index is 11.7. The number of pyridine rings is 1. The summed E-state index contributed by atoms with van der Waals surface area (Å²) in [5.41, 5.74) is 2.80. The topological polar surface area (TPSA) is 119 Å². The number of nitrogen functional groups attached to an aromatic ring is 1. The molecule has 0 aromatic carbocycles. The molecule has 0 aliphatic heterocycles. The summed E-state index contributed by atoms with van der Waals surface area (Å²) in [5, 5.41) is 6.19. The Kier molecular flexibility index (Phi) is 3.26. The molecule has 0 fully saturated rings. The van der Waals surface area contributed by atoms with Gasteiger partial charge in [0.2, 0.25) is 6.39 Å². The van der Waals surface area contributed by atoms with E-state index >= 15 is 0 Å².